The molecule has 0 aliphatic heterocycles. The Labute approximate surface area is 212 Å². The molecular weight excluding hydrogens is 479 g/mol. The monoisotopic (exact) mass is 506 g/mol. The summed E-state index contributed by atoms with van der Waals surface area (Å²) in [6.07, 6.45) is 1.25. The van der Waals surface area contributed by atoms with Crippen molar-refractivity contribution in [2.75, 3.05) is 19.5 Å². The number of amides is 2. The number of aryl methyl sites for hydroxylation is 2. The largest absolute Gasteiger partial charge is 0.478 e. The van der Waals surface area contributed by atoms with Crippen molar-refractivity contribution in [1.29, 1.82) is 0 Å². The summed E-state index contributed by atoms with van der Waals surface area (Å²) in [6.45, 7) is 1.79. The van der Waals surface area contributed by atoms with Gasteiger partial charge in [0.05, 0.1) is 11.6 Å². The van der Waals surface area contributed by atoms with Gasteiger partial charge in [-0.15, -0.1) is 0 Å². The van der Waals surface area contributed by atoms with Gasteiger partial charge in [-0.3, -0.25) is 15.0 Å². The maximum Gasteiger partial charge on any atom is 0.335 e. The summed E-state index contributed by atoms with van der Waals surface area (Å²) in [6, 6.07) is 10.4. The van der Waals surface area contributed by atoms with E-state index in [1.165, 1.54) is 18.2 Å². The standard InChI is InChI=1S/C26H27FN6O4/c1-14-10-15(4-8-19(14)27)13-28-23(34)21-12-22(31-26(30-21)32-33(2)3)24(35)29-20-9-6-16-11-17(25(36)37)5-7-18(16)20/h4-5,7-8,10-12,20H,6,9,13H2,1-3H3,(H,28,34)(H,29,35)(H,36,37)(H,30,31,32)/t20-/m0/s1. The van der Waals surface area contributed by atoms with Crippen molar-refractivity contribution in [3.05, 3.63) is 87.5 Å². The number of rotatable bonds is 8. The quantitative estimate of drug-likeness (QED) is 0.343. The summed E-state index contributed by atoms with van der Waals surface area (Å²) >= 11 is 0. The topological polar surface area (TPSA) is 137 Å². The molecule has 0 bridgehead atoms. The number of nitrogens with one attached hydrogen (secondary N) is 3. The number of hydrazine groups is 1. The number of carboxylic acid groups (broad SMARTS) is 1. The van der Waals surface area contributed by atoms with Crippen LogP contribution in [0, 0.1) is 12.7 Å². The van der Waals surface area contributed by atoms with Gasteiger partial charge in [0.15, 0.2) is 0 Å². The third-order valence-corrected chi connectivity index (χ3v) is 5.96. The number of aromatic nitrogens is 2. The zero-order chi connectivity index (χ0) is 26.7. The van der Waals surface area contributed by atoms with Gasteiger partial charge >= 0.3 is 5.97 Å². The van der Waals surface area contributed by atoms with Gasteiger partial charge in [0.2, 0.25) is 5.95 Å². The van der Waals surface area contributed by atoms with Gasteiger partial charge in [0.25, 0.3) is 11.8 Å². The Hall–Kier alpha value is -4.38. The summed E-state index contributed by atoms with van der Waals surface area (Å²) in [5, 5.41) is 16.5. The molecule has 37 heavy (non-hydrogen) atoms. The van der Waals surface area contributed by atoms with Crippen molar-refractivity contribution in [2.45, 2.75) is 32.4 Å². The minimum Gasteiger partial charge on any atom is -0.478 e. The summed E-state index contributed by atoms with van der Waals surface area (Å²) in [5.41, 5.74) is 5.97. The maximum atomic E-state index is 13.5. The fourth-order valence-corrected chi connectivity index (χ4v) is 4.15. The number of aromatic carboxylic acids is 1. The van der Waals surface area contributed by atoms with Gasteiger partial charge in [0.1, 0.15) is 17.2 Å². The number of halogens is 1. The fourth-order valence-electron chi connectivity index (χ4n) is 4.15. The van der Waals surface area contributed by atoms with Crippen LogP contribution in [0.3, 0.4) is 0 Å². The van der Waals surface area contributed by atoms with E-state index in [0.29, 0.717) is 18.4 Å². The van der Waals surface area contributed by atoms with E-state index >= 15 is 0 Å². The lowest BCUT2D eigenvalue weighted by Gasteiger charge is -2.16. The van der Waals surface area contributed by atoms with Gasteiger partial charge in [-0.25, -0.2) is 24.2 Å². The minimum absolute atomic E-state index is 0.00210. The predicted molar refractivity (Wildman–Crippen MR) is 134 cm³/mol. The number of nitrogens with zero attached hydrogens (tertiary/aromatic N) is 3. The van der Waals surface area contributed by atoms with E-state index in [-0.39, 0.29) is 41.3 Å². The lowest BCUT2D eigenvalue weighted by Crippen LogP contribution is -2.31. The van der Waals surface area contributed by atoms with Gasteiger partial charge in [-0.05, 0) is 60.2 Å². The lowest BCUT2D eigenvalue weighted by molar-refractivity contribution is 0.0696. The molecule has 2 amide bonds. The molecule has 0 saturated heterocycles. The number of carbonyl (C=O) groups is 3. The lowest BCUT2D eigenvalue weighted by atomic mass is 10.0. The first kappa shape index (κ1) is 25.7. The normalized spacial score (nSPS) is 14.2. The molecule has 1 heterocycles. The van der Waals surface area contributed by atoms with Crippen LogP contribution in [-0.2, 0) is 13.0 Å². The van der Waals surface area contributed by atoms with Crippen LogP contribution in [-0.4, -0.2) is 52.0 Å². The Morgan fingerprint density at radius 3 is 2.46 bits per heavy atom. The van der Waals surface area contributed by atoms with E-state index in [2.05, 4.69) is 26.0 Å². The number of benzene rings is 2. The van der Waals surface area contributed by atoms with Crippen LogP contribution < -0.4 is 16.1 Å². The Morgan fingerprint density at radius 1 is 1.05 bits per heavy atom. The van der Waals surface area contributed by atoms with Crippen LogP contribution in [0.1, 0.15) is 66.1 Å². The second-order valence-corrected chi connectivity index (χ2v) is 9.02. The molecule has 11 heteroatoms. The third kappa shape index (κ3) is 6.07. The molecule has 0 radical (unpaired) electrons. The molecular formula is C26H27FN6O4. The first-order chi connectivity index (χ1) is 17.6. The maximum absolute atomic E-state index is 13.5. The number of carbonyl (C=O) groups excluding carboxylic acids is 2. The Kier molecular flexibility index (Phi) is 7.44. The number of anilines is 1. The van der Waals surface area contributed by atoms with E-state index in [9.17, 15) is 23.9 Å². The average molecular weight is 507 g/mol. The molecule has 4 rings (SSSR count). The molecule has 4 N–H and O–H groups in total. The first-order valence-corrected chi connectivity index (χ1v) is 11.6. The highest BCUT2D eigenvalue weighted by Crippen LogP contribution is 2.32. The molecule has 1 aliphatic rings. The molecule has 192 valence electrons. The summed E-state index contributed by atoms with van der Waals surface area (Å²) in [4.78, 5) is 45.8. The van der Waals surface area contributed by atoms with Crippen LogP contribution in [0.5, 0.6) is 0 Å². The predicted octanol–water partition coefficient (Wildman–Crippen LogP) is 2.86. The summed E-state index contributed by atoms with van der Waals surface area (Å²) in [5.74, 6) is -2.27. The van der Waals surface area contributed by atoms with Gasteiger partial charge in [-0.2, -0.15) is 0 Å². The summed E-state index contributed by atoms with van der Waals surface area (Å²) in [7, 11) is 3.43. The zero-order valence-electron chi connectivity index (χ0n) is 20.6. The van der Waals surface area contributed by atoms with Gasteiger partial charge in [0, 0.05) is 26.7 Å². The molecule has 2 aromatic carbocycles. The van der Waals surface area contributed by atoms with Crippen LogP contribution in [0.2, 0.25) is 0 Å². The molecule has 1 aromatic heterocycles. The Morgan fingerprint density at radius 2 is 1.78 bits per heavy atom. The van der Waals surface area contributed by atoms with Crippen molar-refractivity contribution < 1.29 is 23.9 Å². The Bertz CT molecular complexity index is 1380. The van der Waals surface area contributed by atoms with Crippen LogP contribution >= 0.6 is 0 Å². The molecule has 0 spiro atoms. The number of hydrogen-bond acceptors (Lipinski definition) is 7. The van der Waals surface area contributed by atoms with Crippen LogP contribution in [0.15, 0.2) is 42.5 Å². The van der Waals surface area contributed by atoms with Crippen molar-refractivity contribution in [1.82, 2.24) is 25.6 Å². The highest BCUT2D eigenvalue weighted by Gasteiger charge is 2.26. The van der Waals surface area contributed by atoms with E-state index in [1.54, 1.807) is 50.3 Å². The molecule has 0 saturated carbocycles. The van der Waals surface area contributed by atoms with Crippen LogP contribution in [0.25, 0.3) is 0 Å². The SMILES string of the molecule is Cc1cc(CNC(=O)c2cc(C(=O)N[C@H]3CCc4cc(C(=O)O)ccc43)nc(NN(C)C)n2)ccc1F. The number of carboxylic acids is 1. The van der Waals surface area contributed by atoms with E-state index in [0.717, 1.165) is 16.7 Å². The fraction of sp³-hybridized carbons (Fsp3) is 0.269. The number of fused-ring (bicyclic) bond motifs is 1. The highest BCUT2D eigenvalue weighted by molar-refractivity contribution is 5.98. The second-order valence-electron chi connectivity index (χ2n) is 9.02. The Balaban J connectivity index is 1.52. The van der Waals surface area contributed by atoms with Crippen molar-refractivity contribution in [3.8, 4) is 0 Å². The van der Waals surface area contributed by atoms with E-state index in [1.807, 2.05) is 0 Å². The molecule has 10 nitrogen and oxygen atoms in total. The summed E-state index contributed by atoms with van der Waals surface area (Å²) < 4.78 is 13.5. The van der Waals surface area contributed by atoms with Crippen molar-refractivity contribution in [3.63, 3.8) is 0 Å². The second kappa shape index (κ2) is 10.7. The van der Waals surface area contributed by atoms with Crippen molar-refractivity contribution >= 4 is 23.7 Å². The smallest absolute Gasteiger partial charge is 0.335 e. The van der Waals surface area contributed by atoms with Gasteiger partial charge in [-0.1, -0.05) is 18.2 Å². The van der Waals surface area contributed by atoms with Crippen molar-refractivity contribution in [2.24, 2.45) is 0 Å². The molecule has 1 atom stereocenters. The molecule has 3 aromatic rings. The molecule has 1 aliphatic carbocycles. The van der Waals surface area contributed by atoms with Crippen LogP contribution in [0.4, 0.5) is 10.3 Å². The highest BCUT2D eigenvalue weighted by atomic mass is 19.1. The van der Waals surface area contributed by atoms with Gasteiger partial charge < -0.3 is 15.7 Å². The van der Waals surface area contributed by atoms with E-state index < -0.39 is 17.8 Å². The minimum atomic E-state index is -1.00. The van der Waals surface area contributed by atoms with E-state index in [4.69, 9.17) is 0 Å². The first-order valence-electron chi connectivity index (χ1n) is 11.6. The number of hydrogen-bond donors (Lipinski definition) is 4. The third-order valence-electron chi connectivity index (χ3n) is 5.96. The molecule has 0 unspecified atom stereocenters. The average Bonchev–Trinajstić information content (AvgIpc) is 3.25. The molecule has 0 fully saturated rings. The zero-order valence-corrected chi connectivity index (χ0v) is 20.6.